The zero-order valence-corrected chi connectivity index (χ0v) is 26.4. The first kappa shape index (κ1) is 29.7. The molecule has 0 unspecified atom stereocenters. The van der Waals surface area contributed by atoms with Crippen molar-refractivity contribution < 1.29 is 0 Å². The second-order valence-corrected chi connectivity index (χ2v) is 16.6. The second kappa shape index (κ2) is 8.78. The lowest BCUT2D eigenvalue weighted by atomic mass is 9.63. The molecule has 0 aliphatic carbocycles. The summed E-state index contributed by atoms with van der Waals surface area (Å²) in [6, 6.07) is 12.5. The van der Waals surface area contributed by atoms with Gasteiger partial charge in [0.1, 0.15) is 0 Å². The predicted octanol–water partition coefficient (Wildman–Crippen LogP) is 10.5. The Morgan fingerprint density at radius 1 is 0.314 bits per heavy atom. The molecule has 0 radical (unpaired) electrons. The van der Waals surface area contributed by atoms with E-state index in [0.29, 0.717) is 0 Å². The van der Waals surface area contributed by atoms with Crippen LogP contribution in [0.1, 0.15) is 157 Å². The molecule has 0 N–H and O–H groups in total. The van der Waals surface area contributed by atoms with Gasteiger partial charge in [0.05, 0.1) is 0 Å². The number of hydrogen-bond acceptors (Lipinski definition) is 0. The van der Waals surface area contributed by atoms with Crippen molar-refractivity contribution in [3.63, 3.8) is 0 Å². The Hall–Kier alpha value is -1.56. The molecule has 196 valence electrons. The minimum Gasteiger partial charge on any atom is -0.0561 e. The molecule has 0 amide bonds. The van der Waals surface area contributed by atoms with E-state index in [-0.39, 0.29) is 32.5 Å². The van der Waals surface area contributed by atoms with Crippen LogP contribution in [0.5, 0.6) is 0 Å². The van der Waals surface area contributed by atoms with Crippen LogP contribution < -0.4 is 0 Å². The lowest BCUT2D eigenvalue weighted by molar-refractivity contribution is 0.502. The topological polar surface area (TPSA) is 0 Å². The van der Waals surface area contributed by atoms with Gasteiger partial charge >= 0.3 is 0 Å². The van der Waals surface area contributed by atoms with Crippen molar-refractivity contribution in [1.82, 2.24) is 0 Å². The van der Waals surface area contributed by atoms with Crippen LogP contribution in [0.2, 0.25) is 0 Å². The van der Waals surface area contributed by atoms with Crippen LogP contribution in [-0.4, -0.2) is 0 Å². The number of rotatable bonds is 2. The summed E-state index contributed by atoms with van der Waals surface area (Å²) in [5, 5.41) is 0. The molecule has 0 spiro atoms. The van der Waals surface area contributed by atoms with E-state index < -0.39 is 0 Å². The van der Waals surface area contributed by atoms with Crippen LogP contribution in [0.3, 0.4) is 0 Å². The average Bonchev–Trinajstić information content (AvgIpc) is 2.63. The predicted molar refractivity (Wildman–Crippen MR) is 159 cm³/mol. The van der Waals surface area contributed by atoms with E-state index in [4.69, 9.17) is 0 Å². The summed E-state index contributed by atoms with van der Waals surface area (Å²) in [5.74, 6) is 0. The van der Waals surface area contributed by atoms with Crippen molar-refractivity contribution in [2.24, 2.45) is 0 Å². The fourth-order valence-electron chi connectivity index (χ4n) is 4.93. The van der Waals surface area contributed by atoms with Crippen molar-refractivity contribution in [3.05, 3.63) is 69.3 Å². The average molecular weight is 477 g/mol. The fourth-order valence-corrected chi connectivity index (χ4v) is 4.93. The maximum Gasteiger partial charge on any atom is 0.0152 e. The quantitative estimate of drug-likeness (QED) is 0.404. The van der Waals surface area contributed by atoms with E-state index in [1.54, 1.807) is 0 Å². The summed E-state index contributed by atoms with van der Waals surface area (Å²) in [5.41, 5.74) is 10.4. The van der Waals surface area contributed by atoms with Crippen LogP contribution in [0.15, 0.2) is 30.3 Å². The minimum atomic E-state index is -0.136. The highest BCUT2D eigenvalue weighted by Crippen LogP contribution is 2.47. The molecule has 0 saturated heterocycles. The van der Waals surface area contributed by atoms with Gasteiger partial charge in [-0.05, 0) is 66.0 Å². The van der Waals surface area contributed by atoms with E-state index in [0.717, 1.165) is 0 Å². The molecule has 0 nitrogen and oxygen atoms in total. The molecule has 0 saturated carbocycles. The Balaban J connectivity index is 3.09. The van der Waals surface area contributed by atoms with E-state index in [2.05, 4.69) is 148 Å². The van der Waals surface area contributed by atoms with Gasteiger partial charge in [0.15, 0.2) is 0 Å². The Morgan fingerprint density at radius 3 is 0.829 bits per heavy atom. The molecule has 0 aliphatic rings. The standard InChI is InChI=1S/C35H56/c1-30(2,3)23-18-24(31(4,5)6)20-26(19-23)35(16,17)29-27(33(10,11)12)21-25(32(7,8)9)22-28(29)34(13,14)15/h18-22H,1-17H3. The van der Waals surface area contributed by atoms with Gasteiger partial charge in [0, 0.05) is 5.41 Å². The molecule has 2 aromatic carbocycles. The highest BCUT2D eigenvalue weighted by Gasteiger charge is 2.37. The van der Waals surface area contributed by atoms with Gasteiger partial charge in [-0.15, -0.1) is 0 Å². The van der Waals surface area contributed by atoms with E-state index >= 15 is 0 Å². The third kappa shape index (κ3) is 6.42. The van der Waals surface area contributed by atoms with Crippen LogP contribution >= 0.6 is 0 Å². The molecule has 0 aromatic heterocycles. The Kier molecular flexibility index (Phi) is 7.44. The van der Waals surface area contributed by atoms with Crippen molar-refractivity contribution in [2.45, 2.75) is 150 Å². The van der Waals surface area contributed by atoms with Gasteiger partial charge in [-0.1, -0.05) is 148 Å². The molecular weight excluding hydrogens is 420 g/mol. The monoisotopic (exact) mass is 476 g/mol. The summed E-state index contributed by atoms with van der Waals surface area (Å²) in [6.45, 7) is 40.3. The van der Waals surface area contributed by atoms with Gasteiger partial charge in [0.25, 0.3) is 0 Å². The Labute approximate surface area is 219 Å². The first-order valence-electron chi connectivity index (χ1n) is 13.6. The molecule has 35 heavy (non-hydrogen) atoms. The SMILES string of the molecule is CC(C)(C)c1cc(C(C)(C)C)cc(C(C)(C)c2c(C(C)(C)C)cc(C(C)(C)C)cc2C(C)(C)C)c1. The number of benzene rings is 2. The van der Waals surface area contributed by atoms with Gasteiger partial charge in [-0.3, -0.25) is 0 Å². The summed E-state index contributed by atoms with van der Waals surface area (Å²) >= 11 is 0. The highest BCUT2D eigenvalue weighted by molar-refractivity contribution is 5.55. The Morgan fingerprint density at radius 2 is 0.571 bits per heavy atom. The summed E-state index contributed by atoms with van der Waals surface area (Å²) < 4.78 is 0. The van der Waals surface area contributed by atoms with Crippen molar-refractivity contribution >= 4 is 0 Å². The molecule has 0 heteroatoms. The molecule has 2 aromatic rings. The highest BCUT2D eigenvalue weighted by atomic mass is 14.4. The molecular formula is C35H56. The van der Waals surface area contributed by atoms with Crippen molar-refractivity contribution in [1.29, 1.82) is 0 Å². The van der Waals surface area contributed by atoms with Crippen LogP contribution in [0, 0.1) is 0 Å². The lowest BCUT2D eigenvalue weighted by Crippen LogP contribution is -2.32. The first-order valence-corrected chi connectivity index (χ1v) is 13.6. The molecule has 0 aliphatic heterocycles. The lowest BCUT2D eigenvalue weighted by Gasteiger charge is -2.41. The summed E-state index contributed by atoms with van der Waals surface area (Å²) in [6.07, 6.45) is 0. The molecule has 2 rings (SSSR count). The Bertz CT molecular complexity index is 988. The van der Waals surface area contributed by atoms with Crippen molar-refractivity contribution in [3.8, 4) is 0 Å². The number of hydrogen-bond donors (Lipinski definition) is 0. The summed E-state index contributed by atoms with van der Waals surface area (Å²) in [4.78, 5) is 0. The third-order valence-electron chi connectivity index (χ3n) is 7.63. The van der Waals surface area contributed by atoms with E-state index in [1.165, 1.54) is 38.9 Å². The van der Waals surface area contributed by atoms with Crippen molar-refractivity contribution in [2.75, 3.05) is 0 Å². The normalized spacial score (nSPS) is 14.4. The molecule has 0 fully saturated rings. The third-order valence-corrected chi connectivity index (χ3v) is 7.63. The van der Waals surface area contributed by atoms with E-state index in [1.807, 2.05) is 0 Å². The molecule has 0 atom stereocenters. The molecule has 0 bridgehead atoms. The van der Waals surface area contributed by atoms with Gasteiger partial charge < -0.3 is 0 Å². The maximum atomic E-state index is 2.52. The largest absolute Gasteiger partial charge is 0.0561 e. The first-order chi connectivity index (χ1) is 15.3. The van der Waals surface area contributed by atoms with Gasteiger partial charge in [-0.25, -0.2) is 0 Å². The van der Waals surface area contributed by atoms with Crippen LogP contribution in [0.4, 0.5) is 0 Å². The van der Waals surface area contributed by atoms with E-state index in [9.17, 15) is 0 Å². The fraction of sp³-hybridized carbons (Fsp3) is 0.657. The maximum absolute atomic E-state index is 2.52. The smallest absolute Gasteiger partial charge is 0.0152 e. The molecule has 0 heterocycles. The zero-order chi connectivity index (χ0) is 27.6. The zero-order valence-electron chi connectivity index (χ0n) is 26.4. The van der Waals surface area contributed by atoms with Gasteiger partial charge in [-0.2, -0.15) is 0 Å². The second-order valence-electron chi connectivity index (χ2n) is 16.6. The van der Waals surface area contributed by atoms with Gasteiger partial charge in [0.2, 0.25) is 0 Å². The minimum absolute atomic E-state index is 0.0440. The van der Waals surface area contributed by atoms with Crippen LogP contribution in [0.25, 0.3) is 0 Å². The van der Waals surface area contributed by atoms with Crippen LogP contribution in [-0.2, 0) is 32.5 Å². The summed E-state index contributed by atoms with van der Waals surface area (Å²) in [7, 11) is 0.